The van der Waals surface area contributed by atoms with Gasteiger partial charge in [0.15, 0.2) is 11.5 Å². The van der Waals surface area contributed by atoms with Crippen LogP contribution in [0.1, 0.15) is 0 Å². The Hall–Kier alpha value is -2.08. The van der Waals surface area contributed by atoms with Gasteiger partial charge in [0.25, 0.3) is 0 Å². The second-order valence-electron chi connectivity index (χ2n) is 3.99. The minimum Gasteiger partial charge on any atom is -0.399 e. The topological polar surface area (TPSA) is 82.2 Å². The molecule has 0 unspecified atom stereocenters. The first-order valence-electron chi connectivity index (χ1n) is 5.30. The van der Waals surface area contributed by atoms with Crippen molar-refractivity contribution < 1.29 is 0 Å². The van der Waals surface area contributed by atoms with E-state index in [0.717, 1.165) is 15.7 Å². The summed E-state index contributed by atoms with van der Waals surface area (Å²) in [6, 6.07) is 9.17. The third-order valence-electron chi connectivity index (χ3n) is 2.60. The zero-order valence-electron chi connectivity index (χ0n) is 9.34. The molecule has 0 saturated heterocycles. The number of fused-ring (bicyclic) bond motifs is 1. The third kappa shape index (κ3) is 1.80. The van der Waals surface area contributed by atoms with Crippen LogP contribution in [0.15, 0.2) is 41.0 Å². The minimum absolute atomic E-state index is 0.608. The Morgan fingerprint density at radius 2 is 1.72 bits per heavy atom. The molecule has 6 heteroatoms. The number of nitrogens with two attached hydrogens (primary N) is 2. The predicted octanol–water partition coefficient (Wildman–Crippen LogP) is 2.32. The third-order valence-corrected chi connectivity index (χ3v) is 3.07. The number of hydrogen-bond donors (Lipinski definition) is 2. The molecule has 3 aromatic rings. The number of nitrogens with zero attached hydrogens (tertiary/aromatic N) is 3. The molecular formula is C12H10BrN5. The zero-order valence-corrected chi connectivity index (χ0v) is 10.9. The molecule has 90 valence electrons. The fourth-order valence-electron chi connectivity index (χ4n) is 1.87. The summed E-state index contributed by atoms with van der Waals surface area (Å²) in [5.41, 5.74) is 14.4. The lowest BCUT2D eigenvalue weighted by molar-refractivity contribution is 1.11. The molecule has 0 aliphatic carbocycles. The van der Waals surface area contributed by atoms with Crippen LogP contribution in [-0.2, 0) is 0 Å². The number of rotatable bonds is 1. The largest absolute Gasteiger partial charge is 0.399 e. The minimum atomic E-state index is 0.608. The number of pyridine rings is 1. The highest BCUT2D eigenvalue weighted by Gasteiger charge is 2.09. The van der Waals surface area contributed by atoms with Gasteiger partial charge in [-0.25, -0.2) is 0 Å². The number of aromatic nitrogens is 3. The maximum absolute atomic E-state index is 5.79. The SMILES string of the molecule is Nc1cc(N)cc(-c2nnc3ccc(Br)cn23)c1. The van der Waals surface area contributed by atoms with Crippen molar-refractivity contribution in [2.45, 2.75) is 0 Å². The highest BCUT2D eigenvalue weighted by atomic mass is 79.9. The number of hydrogen-bond acceptors (Lipinski definition) is 4. The molecule has 0 spiro atoms. The average Bonchev–Trinajstić information content (AvgIpc) is 2.70. The first kappa shape index (κ1) is 11.0. The Kier molecular flexibility index (Phi) is 2.45. The van der Waals surface area contributed by atoms with E-state index in [-0.39, 0.29) is 0 Å². The van der Waals surface area contributed by atoms with Crippen molar-refractivity contribution in [3.63, 3.8) is 0 Å². The maximum atomic E-state index is 5.79. The molecular weight excluding hydrogens is 294 g/mol. The summed E-state index contributed by atoms with van der Waals surface area (Å²) in [5.74, 6) is 0.713. The Bertz CT molecular complexity index is 714. The summed E-state index contributed by atoms with van der Waals surface area (Å²) in [6.07, 6.45) is 1.91. The molecule has 0 atom stereocenters. The van der Waals surface area contributed by atoms with Crippen LogP contribution in [0.25, 0.3) is 17.0 Å². The molecule has 2 aromatic heterocycles. The number of halogens is 1. The first-order valence-corrected chi connectivity index (χ1v) is 6.09. The van der Waals surface area contributed by atoms with Crippen molar-refractivity contribution in [2.75, 3.05) is 11.5 Å². The Balaban J connectivity index is 2.27. The van der Waals surface area contributed by atoms with E-state index in [0.29, 0.717) is 17.2 Å². The van der Waals surface area contributed by atoms with E-state index in [1.165, 1.54) is 0 Å². The molecule has 3 rings (SSSR count). The van der Waals surface area contributed by atoms with E-state index in [1.807, 2.05) is 34.9 Å². The van der Waals surface area contributed by atoms with Gasteiger partial charge in [0.05, 0.1) is 0 Å². The molecule has 0 saturated carbocycles. The summed E-state index contributed by atoms with van der Waals surface area (Å²) in [7, 11) is 0. The first-order chi connectivity index (χ1) is 8.63. The molecule has 2 heterocycles. The van der Waals surface area contributed by atoms with Gasteiger partial charge in [-0.3, -0.25) is 4.40 Å². The van der Waals surface area contributed by atoms with Crippen LogP contribution in [0, 0.1) is 0 Å². The lowest BCUT2D eigenvalue weighted by Gasteiger charge is -2.03. The average molecular weight is 304 g/mol. The van der Waals surface area contributed by atoms with E-state index >= 15 is 0 Å². The Labute approximate surface area is 112 Å². The van der Waals surface area contributed by atoms with Gasteiger partial charge in [-0.05, 0) is 46.3 Å². The van der Waals surface area contributed by atoms with Gasteiger partial charge in [0, 0.05) is 27.6 Å². The van der Waals surface area contributed by atoms with Crippen LogP contribution in [0.2, 0.25) is 0 Å². The van der Waals surface area contributed by atoms with Crippen LogP contribution < -0.4 is 11.5 Å². The van der Waals surface area contributed by atoms with E-state index < -0.39 is 0 Å². The molecule has 4 N–H and O–H groups in total. The molecule has 0 aliphatic rings. The quantitative estimate of drug-likeness (QED) is 0.676. The van der Waals surface area contributed by atoms with Crippen LogP contribution >= 0.6 is 15.9 Å². The summed E-state index contributed by atoms with van der Waals surface area (Å²) in [5, 5.41) is 8.28. The van der Waals surface area contributed by atoms with Crippen molar-refractivity contribution in [3.8, 4) is 11.4 Å². The second-order valence-corrected chi connectivity index (χ2v) is 4.90. The smallest absolute Gasteiger partial charge is 0.168 e. The van der Waals surface area contributed by atoms with Gasteiger partial charge < -0.3 is 11.5 Å². The molecule has 5 nitrogen and oxygen atoms in total. The molecule has 0 fully saturated rings. The normalized spacial score (nSPS) is 10.9. The number of anilines is 2. The van der Waals surface area contributed by atoms with Crippen molar-refractivity contribution in [3.05, 3.63) is 41.0 Å². The highest BCUT2D eigenvalue weighted by Crippen LogP contribution is 2.24. The molecule has 1 aromatic carbocycles. The molecule has 18 heavy (non-hydrogen) atoms. The van der Waals surface area contributed by atoms with E-state index in [2.05, 4.69) is 26.1 Å². The van der Waals surface area contributed by atoms with Crippen LogP contribution in [0.3, 0.4) is 0 Å². The van der Waals surface area contributed by atoms with Gasteiger partial charge >= 0.3 is 0 Å². The molecule has 0 bridgehead atoms. The van der Waals surface area contributed by atoms with Gasteiger partial charge in [-0.2, -0.15) is 0 Å². The molecule has 0 aliphatic heterocycles. The van der Waals surface area contributed by atoms with Gasteiger partial charge in [-0.1, -0.05) is 0 Å². The maximum Gasteiger partial charge on any atom is 0.168 e. The van der Waals surface area contributed by atoms with Crippen molar-refractivity contribution in [1.29, 1.82) is 0 Å². The predicted molar refractivity (Wildman–Crippen MR) is 74.9 cm³/mol. The lowest BCUT2D eigenvalue weighted by Crippen LogP contribution is -1.94. The van der Waals surface area contributed by atoms with Gasteiger partial charge in [0.2, 0.25) is 0 Å². The highest BCUT2D eigenvalue weighted by molar-refractivity contribution is 9.10. The van der Waals surface area contributed by atoms with Crippen LogP contribution in [0.4, 0.5) is 11.4 Å². The Morgan fingerprint density at radius 1 is 1.00 bits per heavy atom. The lowest BCUT2D eigenvalue weighted by atomic mass is 10.1. The van der Waals surface area contributed by atoms with Crippen LogP contribution in [-0.4, -0.2) is 14.6 Å². The zero-order chi connectivity index (χ0) is 12.7. The monoisotopic (exact) mass is 303 g/mol. The fourth-order valence-corrected chi connectivity index (χ4v) is 2.20. The van der Waals surface area contributed by atoms with E-state index in [9.17, 15) is 0 Å². The fraction of sp³-hybridized carbons (Fsp3) is 0. The van der Waals surface area contributed by atoms with Gasteiger partial charge in [-0.15, -0.1) is 10.2 Å². The van der Waals surface area contributed by atoms with E-state index in [4.69, 9.17) is 11.5 Å². The standard InChI is InChI=1S/C12H10BrN5/c13-8-1-2-11-16-17-12(18(11)6-8)7-3-9(14)5-10(15)4-7/h1-6H,14-15H2. The Morgan fingerprint density at radius 3 is 2.44 bits per heavy atom. The number of benzene rings is 1. The molecule has 0 amide bonds. The van der Waals surface area contributed by atoms with Gasteiger partial charge in [0.1, 0.15) is 0 Å². The summed E-state index contributed by atoms with van der Waals surface area (Å²) >= 11 is 3.43. The summed E-state index contributed by atoms with van der Waals surface area (Å²) in [6.45, 7) is 0. The summed E-state index contributed by atoms with van der Waals surface area (Å²) in [4.78, 5) is 0. The molecule has 0 radical (unpaired) electrons. The van der Waals surface area contributed by atoms with Crippen molar-refractivity contribution in [1.82, 2.24) is 14.6 Å². The van der Waals surface area contributed by atoms with E-state index in [1.54, 1.807) is 6.07 Å². The second kappa shape index (κ2) is 3.99. The number of nitrogen functional groups attached to an aromatic ring is 2. The summed E-state index contributed by atoms with van der Waals surface area (Å²) < 4.78 is 2.84. The van der Waals surface area contributed by atoms with Crippen molar-refractivity contribution >= 4 is 33.0 Å². The van der Waals surface area contributed by atoms with Crippen LogP contribution in [0.5, 0.6) is 0 Å². The van der Waals surface area contributed by atoms with Crippen molar-refractivity contribution in [2.24, 2.45) is 0 Å².